The fourth-order valence-corrected chi connectivity index (χ4v) is 35.8. The normalized spacial score (nSPS) is 14.4. The zero-order chi connectivity index (χ0) is 18.8. The van der Waals surface area contributed by atoms with Crippen molar-refractivity contribution >= 4 is 31.1 Å². The second-order valence-corrected chi connectivity index (χ2v) is 26.6. The first kappa shape index (κ1) is 27.5. The maximum Gasteiger partial charge on any atom is -0.147 e. The topological polar surface area (TPSA) is 6.48 Å². The smallest absolute Gasteiger partial charge is 0.147 e. The van der Waals surface area contributed by atoms with E-state index in [4.69, 9.17) is 0 Å². The van der Waals surface area contributed by atoms with E-state index >= 15 is 0 Å². The summed E-state index contributed by atoms with van der Waals surface area (Å²) in [5, 5.41) is 0. The summed E-state index contributed by atoms with van der Waals surface area (Å²) < 4.78 is 8.87. The second-order valence-electron chi connectivity index (χ2n) is 6.50. The standard InChI is InChI=1S/C12H21N2Si.2C5H5.2ClH.Hf/c1-5-9-13(10-6-2)15-14(11-7-3)12-8-4;2*1-2-4-5-3-1;;;/h5-8,15H,1-4,9-12H2;2*1-3H,4H2;2*1H;. The summed E-state index contributed by atoms with van der Waals surface area (Å²) in [7, 11) is 0. The molecule has 0 aromatic rings. The maximum absolute atomic E-state index is 4.03. The number of halogens is 2. The Balaban J connectivity index is 0.00000364. The van der Waals surface area contributed by atoms with Crippen molar-refractivity contribution in [2.45, 2.75) is 12.8 Å². The van der Waals surface area contributed by atoms with Crippen LogP contribution < -0.4 is 0 Å². The Hall–Kier alpha value is -0.493. The van der Waals surface area contributed by atoms with Crippen LogP contribution in [-0.4, -0.2) is 41.6 Å². The van der Waals surface area contributed by atoms with Crippen molar-refractivity contribution in [3.05, 3.63) is 93.7 Å². The molecule has 0 N–H and O–H groups in total. The first-order chi connectivity index (χ1) is 12.8. The molecule has 0 aliphatic heterocycles. The van der Waals surface area contributed by atoms with Crippen LogP contribution in [0.5, 0.6) is 0 Å². The molecule has 2 nitrogen and oxygen atoms in total. The van der Waals surface area contributed by atoms with Gasteiger partial charge in [0, 0.05) is 0 Å². The Labute approximate surface area is 192 Å². The Morgan fingerprint density at radius 1 is 0.750 bits per heavy atom. The first-order valence-corrected chi connectivity index (χ1v) is 20.7. The molecule has 0 unspecified atom stereocenters. The molecule has 153 valence electrons. The van der Waals surface area contributed by atoms with Crippen LogP contribution in [-0.2, 0) is 20.6 Å². The van der Waals surface area contributed by atoms with Gasteiger partial charge >= 0.3 is 169 Å². The Morgan fingerprint density at radius 2 is 1.11 bits per heavy atom. The number of hydrogen-bond acceptors (Lipinski definition) is 2. The van der Waals surface area contributed by atoms with E-state index in [1.54, 1.807) is 6.66 Å². The van der Waals surface area contributed by atoms with Gasteiger partial charge in [0.05, 0.1) is 0 Å². The molecule has 6 heteroatoms. The van der Waals surface area contributed by atoms with Crippen molar-refractivity contribution in [1.29, 1.82) is 0 Å². The van der Waals surface area contributed by atoms with Crippen LogP contribution in [0.25, 0.3) is 0 Å². The fourth-order valence-electron chi connectivity index (χ4n) is 3.64. The summed E-state index contributed by atoms with van der Waals surface area (Å²) in [5.41, 5.74) is 0. The number of allylic oxidation sites excluding steroid dienone is 8. The van der Waals surface area contributed by atoms with Gasteiger partial charge in [0.2, 0.25) is 0 Å². The molecule has 0 atom stereocenters. The van der Waals surface area contributed by atoms with Gasteiger partial charge in [-0.1, -0.05) is 0 Å². The largest absolute Gasteiger partial charge is 0.147 e. The number of nitrogens with zero attached hydrogens (tertiary/aromatic N) is 2. The molecule has 2 aliphatic carbocycles. The van der Waals surface area contributed by atoms with Gasteiger partial charge in [-0.2, -0.15) is 0 Å². The van der Waals surface area contributed by atoms with E-state index in [2.05, 4.69) is 96.2 Å². The van der Waals surface area contributed by atoms with E-state index in [-0.39, 0.29) is 24.8 Å². The molecule has 0 saturated heterocycles. The fraction of sp³-hybridized carbons (Fsp3) is 0.273. The van der Waals surface area contributed by atoms with E-state index in [0.29, 0.717) is 0 Å². The van der Waals surface area contributed by atoms with Crippen molar-refractivity contribution in [3.63, 3.8) is 0 Å². The van der Waals surface area contributed by atoms with Gasteiger partial charge in [-0.25, -0.2) is 0 Å². The van der Waals surface area contributed by atoms with Gasteiger partial charge in [0.1, 0.15) is 0 Å². The van der Waals surface area contributed by atoms with Crippen LogP contribution in [0, 0.1) is 0 Å². The van der Waals surface area contributed by atoms with Gasteiger partial charge in [-0.15, -0.1) is 24.8 Å². The monoisotopic (exact) mass is 603 g/mol. The molecule has 0 fully saturated rings. The zero-order valence-corrected chi connectivity index (χ0v) is 23.0. The zero-order valence-electron chi connectivity index (χ0n) is 16.6. The SMILES string of the molecule is C=CCN(CC=C)[SiH](N(CC=C)CC=C)[Hf]([C]1=CC=CC1)[C]1=CC=CC1.Cl.Cl. The minimum Gasteiger partial charge on any atom is -0.147 e. The van der Waals surface area contributed by atoms with Crippen LogP contribution in [0.2, 0.25) is 0 Å². The van der Waals surface area contributed by atoms with Crippen molar-refractivity contribution < 1.29 is 20.6 Å². The molecule has 0 aromatic heterocycles. The predicted octanol–water partition coefficient (Wildman–Crippen LogP) is 5.20. The molecular weight excluding hydrogens is 570 g/mol. The second kappa shape index (κ2) is 15.4. The third-order valence-electron chi connectivity index (χ3n) is 4.64. The summed E-state index contributed by atoms with van der Waals surface area (Å²) in [5.74, 6) is 0. The van der Waals surface area contributed by atoms with Gasteiger partial charge in [-0.05, 0) is 0 Å². The molecule has 2 rings (SSSR count). The molecule has 0 spiro atoms. The molecule has 28 heavy (non-hydrogen) atoms. The molecule has 0 bridgehead atoms. The van der Waals surface area contributed by atoms with Crippen molar-refractivity contribution in [1.82, 2.24) is 9.13 Å². The summed E-state index contributed by atoms with van der Waals surface area (Å²) >= 11 is -2.24. The van der Waals surface area contributed by atoms with E-state index in [1.165, 1.54) is 0 Å². The Kier molecular flexibility index (Phi) is 15.1. The van der Waals surface area contributed by atoms with E-state index in [1.807, 2.05) is 0 Å². The molecule has 0 radical (unpaired) electrons. The van der Waals surface area contributed by atoms with Crippen LogP contribution in [0.1, 0.15) is 12.8 Å². The van der Waals surface area contributed by atoms with Crippen LogP contribution in [0.3, 0.4) is 0 Å². The van der Waals surface area contributed by atoms with Crippen molar-refractivity contribution in [2.24, 2.45) is 0 Å². The average molecular weight is 603 g/mol. The van der Waals surface area contributed by atoms with Crippen LogP contribution in [0.4, 0.5) is 0 Å². The van der Waals surface area contributed by atoms with Crippen LogP contribution >= 0.6 is 24.8 Å². The molecule has 2 aliphatic rings. The molecule has 0 amide bonds. The number of rotatable bonds is 13. The summed E-state index contributed by atoms with van der Waals surface area (Å²) in [4.78, 5) is 0. The molecule has 0 heterocycles. The Morgan fingerprint density at radius 3 is 1.36 bits per heavy atom. The maximum atomic E-state index is 4.03. The summed E-state index contributed by atoms with van der Waals surface area (Å²) in [6.07, 6.45) is 23.1. The minimum absolute atomic E-state index is 0. The molecule has 0 aromatic carbocycles. The first-order valence-electron chi connectivity index (χ1n) is 9.27. The third kappa shape index (κ3) is 7.40. The molecular formula is C22H33Cl2HfN2Si. The summed E-state index contributed by atoms with van der Waals surface area (Å²) in [6.45, 7) is 19.8. The van der Waals surface area contributed by atoms with Gasteiger partial charge < -0.3 is 0 Å². The van der Waals surface area contributed by atoms with E-state index in [9.17, 15) is 0 Å². The quantitative estimate of drug-likeness (QED) is 0.211. The van der Waals surface area contributed by atoms with E-state index in [0.717, 1.165) is 39.0 Å². The third-order valence-corrected chi connectivity index (χ3v) is 34.5. The summed E-state index contributed by atoms with van der Waals surface area (Å²) in [6, 6.07) is 0. The minimum atomic E-state index is -2.24. The van der Waals surface area contributed by atoms with Gasteiger partial charge in [-0.3, -0.25) is 0 Å². The van der Waals surface area contributed by atoms with Crippen LogP contribution in [0.15, 0.2) is 93.7 Å². The van der Waals surface area contributed by atoms with Gasteiger partial charge in [0.15, 0.2) is 0 Å². The number of hydrogen-bond donors (Lipinski definition) is 0. The predicted molar refractivity (Wildman–Crippen MR) is 129 cm³/mol. The van der Waals surface area contributed by atoms with Crippen molar-refractivity contribution in [2.75, 3.05) is 26.2 Å². The van der Waals surface area contributed by atoms with E-state index < -0.39 is 26.9 Å². The molecule has 0 saturated carbocycles. The van der Waals surface area contributed by atoms with Gasteiger partial charge in [0.25, 0.3) is 0 Å². The Bertz CT molecular complexity index is 581. The average Bonchev–Trinajstić information content (AvgIpc) is 3.33. The van der Waals surface area contributed by atoms with Crippen molar-refractivity contribution in [3.8, 4) is 0 Å².